The second-order valence-electron chi connectivity index (χ2n) is 5.73. The summed E-state index contributed by atoms with van der Waals surface area (Å²) in [4.78, 5) is 12.4. The van der Waals surface area contributed by atoms with E-state index in [9.17, 15) is 4.79 Å². The van der Waals surface area contributed by atoms with E-state index >= 15 is 0 Å². The molecule has 1 aliphatic rings. The van der Waals surface area contributed by atoms with Crippen molar-refractivity contribution in [2.75, 3.05) is 13.2 Å². The van der Waals surface area contributed by atoms with Crippen molar-refractivity contribution in [2.45, 2.75) is 65.9 Å². The van der Waals surface area contributed by atoms with Crippen molar-refractivity contribution in [3.8, 4) is 0 Å². The Morgan fingerprint density at radius 3 is 2.67 bits per heavy atom. The van der Waals surface area contributed by atoms with Crippen LogP contribution < -0.4 is 0 Å². The number of carbonyl (C=O) groups is 1. The van der Waals surface area contributed by atoms with E-state index in [0.717, 1.165) is 32.1 Å². The Hall–Kier alpha value is -0.570. The van der Waals surface area contributed by atoms with Gasteiger partial charge in [0.2, 0.25) is 0 Å². The minimum Gasteiger partial charge on any atom is -0.465 e. The summed E-state index contributed by atoms with van der Waals surface area (Å²) in [5.41, 5.74) is -0.375. The van der Waals surface area contributed by atoms with Gasteiger partial charge in [0, 0.05) is 6.61 Å². The highest BCUT2D eigenvalue weighted by molar-refractivity contribution is 5.78. The number of ether oxygens (including phenoxy) is 2. The van der Waals surface area contributed by atoms with Gasteiger partial charge in [-0.05, 0) is 38.5 Å². The molecule has 0 N–H and O–H groups in total. The molecule has 0 bridgehead atoms. The lowest BCUT2D eigenvalue weighted by Gasteiger charge is -2.33. The predicted octanol–water partition coefficient (Wildman–Crippen LogP) is 3.56. The van der Waals surface area contributed by atoms with Crippen LogP contribution in [-0.4, -0.2) is 25.3 Å². The maximum absolute atomic E-state index is 12.4. The molecule has 0 saturated heterocycles. The number of carbonyl (C=O) groups excluding carboxylic acids is 1. The molecule has 3 heteroatoms. The fourth-order valence-corrected chi connectivity index (χ4v) is 2.94. The third-order valence-electron chi connectivity index (χ3n) is 3.72. The van der Waals surface area contributed by atoms with Crippen molar-refractivity contribution >= 4 is 5.97 Å². The maximum Gasteiger partial charge on any atom is 0.314 e. The zero-order chi connectivity index (χ0) is 13.6. The molecule has 0 aliphatic heterocycles. The van der Waals surface area contributed by atoms with Gasteiger partial charge in [0.1, 0.15) is 0 Å². The molecule has 1 saturated carbocycles. The average molecular weight is 256 g/mol. The van der Waals surface area contributed by atoms with Crippen molar-refractivity contribution < 1.29 is 14.3 Å². The van der Waals surface area contributed by atoms with Crippen LogP contribution in [0.25, 0.3) is 0 Å². The molecule has 0 aromatic heterocycles. The van der Waals surface area contributed by atoms with Crippen LogP contribution in [0.1, 0.15) is 59.8 Å². The quantitative estimate of drug-likeness (QED) is 0.653. The molecule has 3 nitrogen and oxygen atoms in total. The Bertz CT molecular complexity index is 262. The molecule has 0 heterocycles. The number of rotatable bonds is 7. The van der Waals surface area contributed by atoms with Crippen molar-refractivity contribution in [1.82, 2.24) is 0 Å². The van der Waals surface area contributed by atoms with Crippen LogP contribution in [0.5, 0.6) is 0 Å². The molecule has 0 amide bonds. The Balaban J connectivity index is 2.74. The van der Waals surface area contributed by atoms with Crippen LogP contribution in [0.2, 0.25) is 0 Å². The molecule has 0 aromatic rings. The van der Waals surface area contributed by atoms with Crippen molar-refractivity contribution in [2.24, 2.45) is 11.3 Å². The molecular weight excluding hydrogens is 228 g/mol. The summed E-state index contributed by atoms with van der Waals surface area (Å²) in [5, 5.41) is 0. The average Bonchev–Trinajstić information content (AvgIpc) is 2.71. The van der Waals surface area contributed by atoms with E-state index in [0.29, 0.717) is 19.1 Å². The maximum atomic E-state index is 12.4. The first kappa shape index (κ1) is 15.5. The Morgan fingerprint density at radius 2 is 2.11 bits per heavy atom. The third kappa shape index (κ3) is 3.47. The van der Waals surface area contributed by atoms with Gasteiger partial charge in [-0.2, -0.15) is 0 Å². The molecule has 0 aromatic carbocycles. The van der Waals surface area contributed by atoms with Crippen molar-refractivity contribution in [3.63, 3.8) is 0 Å². The van der Waals surface area contributed by atoms with E-state index < -0.39 is 0 Å². The molecule has 1 rings (SSSR count). The second kappa shape index (κ2) is 7.13. The largest absolute Gasteiger partial charge is 0.465 e. The van der Waals surface area contributed by atoms with E-state index in [2.05, 4.69) is 20.8 Å². The van der Waals surface area contributed by atoms with Gasteiger partial charge >= 0.3 is 5.97 Å². The lowest BCUT2D eigenvalue weighted by atomic mass is 9.79. The highest BCUT2D eigenvalue weighted by Gasteiger charge is 2.50. The fourth-order valence-electron chi connectivity index (χ4n) is 2.94. The number of esters is 1. The van der Waals surface area contributed by atoms with Crippen LogP contribution in [-0.2, 0) is 14.3 Å². The van der Waals surface area contributed by atoms with Gasteiger partial charge in [0.25, 0.3) is 0 Å². The van der Waals surface area contributed by atoms with E-state index in [-0.39, 0.29) is 17.5 Å². The molecule has 0 spiro atoms. The summed E-state index contributed by atoms with van der Waals surface area (Å²) in [6.45, 7) is 9.44. The lowest BCUT2D eigenvalue weighted by Crippen LogP contribution is -2.41. The van der Waals surface area contributed by atoms with E-state index in [1.165, 1.54) is 0 Å². The topological polar surface area (TPSA) is 35.5 Å². The first-order chi connectivity index (χ1) is 8.56. The van der Waals surface area contributed by atoms with E-state index in [1.807, 2.05) is 6.92 Å². The van der Waals surface area contributed by atoms with E-state index in [4.69, 9.17) is 9.47 Å². The highest BCUT2D eigenvalue weighted by atomic mass is 16.5. The minimum atomic E-state index is -0.375. The van der Waals surface area contributed by atoms with Crippen LogP contribution in [0, 0.1) is 11.3 Å². The van der Waals surface area contributed by atoms with Gasteiger partial charge in [-0.1, -0.05) is 27.2 Å². The first-order valence-corrected chi connectivity index (χ1v) is 7.35. The summed E-state index contributed by atoms with van der Waals surface area (Å²) >= 11 is 0. The Kier molecular flexibility index (Phi) is 6.13. The Morgan fingerprint density at radius 1 is 1.39 bits per heavy atom. The standard InChI is InChI=1S/C15H28O3/c1-5-9-15(14(16)18-11-12(3)4)10-7-8-13(15)17-6-2/h12-13H,5-11H2,1-4H3. The van der Waals surface area contributed by atoms with Gasteiger partial charge < -0.3 is 9.47 Å². The SMILES string of the molecule is CCCC1(C(=O)OCC(C)C)CCCC1OCC. The zero-order valence-electron chi connectivity index (χ0n) is 12.3. The summed E-state index contributed by atoms with van der Waals surface area (Å²) in [7, 11) is 0. The van der Waals surface area contributed by atoms with Crippen LogP contribution in [0.15, 0.2) is 0 Å². The van der Waals surface area contributed by atoms with Gasteiger partial charge in [-0.15, -0.1) is 0 Å². The molecule has 1 aliphatic carbocycles. The molecule has 106 valence electrons. The minimum absolute atomic E-state index is 0.0333. The van der Waals surface area contributed by atoms with Crippen LogP contribution in [0.3, 0.4) is 0 Å². The van der Waals surface area contributed by atoms with Crippen molar-refractivity contribution in [1.29, 1.82) is 0 Å². The van der Waals surface area contributed by atoms with Gasteiger partial charge in [0.15, 0.2) is 0 Å². The van der Waals surface area contributed by atoms with Crippen LogP contribution in [0.4, 0.5) is 0 Å². The number of hydrogen-bond donors (Lipinski definition) is 0. The fraction of sp³-hybridized carbons (Fsp3) is 0.933. The predicted molar refractivity (Wildman–Crippen MR) is 72.4 cm³/mol. The molecule has 1 fully saturated rings. The monoisotopic (exact) mass is 256 g/mol. The first-order valence-electron chi connectivity index (χ1n) is 7.35. The molecule has 18 heavy (non-hydrogen) atoms. The van der Waals surface area contributed by atoms with Crippen molar-refractivity contribution in [3.05, 3.63) is 0 Å². The second-order valence-corrected chi connectivity index (χ2v) is 5.73. The Labute approximate surface area is 111 Å². The summed E-state index contributed by atoms with van der Waals surface area (Å²) in [6.07, 6.45) is 4.92. The lowest BCUT2D eigenvalue weighted by molar-refractivity contribution is -0.166. The van der Waals surface area contributed by atoms with E-state index in [1.54, 1.807) is 0 Å². The summed E-state index contributed by atoms with van der Waals surface area (Å²) in [6, 6.07) is 0. The number of hydrogen-bond acceptors (Lipinski definition) is 3. The summed E-state index contributed by atoms with van der Waals surface area (Å²) in [5.74, 6) is 0.355. The summed E-state index contributed by atoms with van der Waals surface area (Å²) < 4.78 is 11.3. The van der Waals surface area contributed by atoms with Gasteiger partial charge in [-0.3, -0.25) is 4.79 Å². The van der Waals surface area contributed by atoms with Gasteiger partial charge in [-0.25, -0.2) is 0 Å². The molecule has 0 radical (unpaired) electrons. The highest BCUT2D eigenvalue weighted by Crippen LogP contribution is 2.45. The smallest absolute Gasteiger partial charge is 0.314 e. The molecular formula is C15H28O3. The molecule has 2 unspecified atom stereocenters. The zero-order valence-corrected chi connectivity index (χ0v) is 12.3. The molecule has 2 atom stereocenters. The normalized spacial score (nSPS) is 27.7. The van der Waals surface area contributed by atoms with Crippen LogP contribution >= 0.6 is 0 Å². The third-order valence-corrected chi connectivity index (χ3v) is 3.72. The van der Waals surface area contributed by atoms with Gasteiger partial charge in [0.05, 0.1) is 18.1 Å².